The minimum atomic E-state index is 0.221. The molecule has 3 aliphatic heterocycles. The molecule has 2 unspecified atom stereocenters. The third kappa shape index (κ3) is 2.91. The van der Waals surface area contributed by atoms with E-state index in [9.17, 15) is 0 Å². The number of nitrogens with two attached hydrogens (primary N) is 1. The fraction of sp³-hybridized carbons (Fsp3) is 0.765. The standard InChI is InChI=1S/C17H27N5S/c1-17(2)5-4-12-11(10-17)13-14(23-12)15(21-16(18)20-13)22-8-3-6-19-7-9-22/h13-14,19H,3-10H2,1-2H3,(H2,18,20). The molecule has 5 nitrogen and oxygen atoms in total. The summed E-state index contributed by atoms with van der Waals surface area (Å²) >= 11 is 2.01. The summed E-state index contributed by atoms with van der Waals surface area (Å²) in [4.78, 5) is 13.4. The highest BCUT2D eigenvalue weighted by atomic mass is 32.2. The summed E-state index contributed by atoms with van der Waals surface area (Å²) in [6, 6.07) is 0.221. The average Bonchev–Trinajstić information content (AvgIpc) is 2.70. The number of nitrogens with one attached hydrogen (secondary N) is 1. The molecule has 0 radical (unpaired) electrons. The van der Waals surface area contributed by atoms with Crippen LogP contribution in [-0.2, 0) is 0 Å². The van der Waals surface area contributed by atoms with Crippen LogP contribution in [0.1, 0.15) is 39.5 Å². The second-order valence-corrected chi connectivity index (χ2v) is 9.06. The zero-order valence-corrected chi connectivity index (χ0v) is 15.0. The Morgan fingerprint density at radius 1 is 1.30 bits per heavy atom. The summed E-state index contributed by atoms with van der Waals surface area (Å²) in [6.07, 6.45) is 4.79. The highest BCUT2D eigenvalue weighted by molar-refractivity contribution is 8.04. The van der Waals surface area contributed by atoms with Crippen LogP contribution in [0.4, 0.5) is 0 Å². The first-order chi connectivity index (χ1) is 11.0. The van der Waals surface area contributed by atoms with E-state index in [4.69, 9.17) is 10.7 Å². The second-order valence-electron chi connectivity index (χ2n) is 7.82. The van der Waals surface area contributed by atoms with Gasteiger partial charge in [0.25, 0.3) is 0 Å². The monoisotopic (exact) mass is 333 g/mol. The summed E-state index contributed by atoms with van der Waals surface area (Å²) in [5.41, 5.74) is 8.03. The van der Waals surface area contributed by atoms with Crippen molar-refractivity contribution < 1.29 is 0 Å². The molecule has 1 fully saturated rings. The molecule has 3 heterocycles. The smallest absolute Gasteiger partial charge is 0.217 e. The molecule has 0 saturated carbocycles. The summed E-state index contributed by atoms with van der Waals surface area (Å²) in [5, 5.41) is 3.82. The molecule has 0 aromatic carbocycles. The predicted octanol–water partition coefficient (Wildman–Crippen LogP) is 1.96. The highest BCUT2D eigenvalue weighted by Crippen LogP contribution is 2.52. The predicted molar refractivity (Wildman–Crippen MR) is 97.9 cm³/mol. The Hall–Kier alpha value is -1.01. The second kappa shape index (κ2) is 5.81. The van der Waals surface area contributed by atoms with Crippen molar-refractivity contribution in [2.24, 2.45) is 21.1 Å². The van der Waals surface area contributed by atoms with Crippen molar-refractivity contribution in [1.82, 2.24) is 10.2 Å². The SMILES string of the molecule is CC1(C)CCC2=C(C1)C1N=C(N)N=C(N3CCCNCC3)C1S2. The van der Waals surface area contributed by atoms with Gasteiger partial charge in [-0.15, -0.1) is 11.8 Å². The van der Waals surface area contributed by atoms with Gasteiger partial charge in [0.05, 0.1) is 11.3 Å². The Kier molecular flexibility index (Phi) is 3.92. The Labute approximate surface area is 142 Å². The average molecular weight is 334 g/mol. The van der Waals surface area contributed by atoms with Crippen LogP contribution in [-0.4, -0.2) is 54.2 Å². The first-order valence-corrected chi connectivity index (χ1v) is 9.68. The van der Waals surface area contributed by atoms with E-state index in [1.807, 2.05) is 11.8 Å². The van der Waals surface area contributed by atoms with Crippen molar-refractivity contribution in [3.05, 3.63) is 10.5 Å². The van der Waals surface area contributed by atoms with E-state index < -0.39 is 0 Å². The van der Waals surface area contributed by atoms with Gasteiger partial charge in [0, 0.05) is 19.6 Å². The topological polar surface area (TPSA) is 66.0 Å². The normalized spacial score (nSPS) is 33.6. The molecule has 6 heteroatoms. The molecule has 4 rings (SSSR count). The first-order valence-electron chi connectivity index (χ1n) is 8.80. The van der Waals surface area contributed by atoms with Gasteiger partial charge in [-0.3, -0.25) is 0 Å². The van der Waals surface area contributed by atoms with Crippen LogP contribution in [0.15, 0.2) is 20.5 Å². The largest absolute Gasteiger partial charge is 0.368 e. The van der Waals surface area contributed by atoms with Crippen LogP contribution in [0.2, 0.25) is 0 Å². The van der Waals surface area contributed by atoms with Gasteiger partial charge in [-0.25, -0.2) is 4.99 Å². The summed E-state index contributed by atoms with van der Waals surface area (Å²) < 4.78 is 0. The van der Waals surface area contributed by atoms with Gasteiger partial charge in [-0.2, -0.15) is 4.99 Å². The van der Waals surface area contributed by atoms with Crippen LogP contribution in [0, 0.1) is 5.41 Å². The van der Waals surface area contributed by atoms with Crippen molar-refractivity contribution in [2.45, 2.75) is 50.8 Å². The molecule has 0 amide bonds. The molecule has 0 aromatic heterocycles. The maximum Gasteiger partial charge on any atom is 0.217 e. The third-order valence-corrected chi connectivity index (χ3v) is 6.86. The molecular weight excluding hydrogens is 306 g/mol. The minimum absolute atomic E-state index is 0.221. The van der Waals surface area contributed by atoms with E-state index in [0.717, 1.165) is 39.0 Å². The lowest BCUT2D eigenvalue weighted by Crippen LogP contribution is -2.47. The zero-order valence-electron chi connectivity index (χ0n) is 14.1. The number of hydrogen-bond donors (Lipinski definition) is 2. The number of nitrogens with zero attached hydrogens (tertiary/aromatic N) is 3. The number of rotatable bonds is 0. The Morgan fingerprint density at radius 2 is 2.17 bits per heavy atom. The lowest BCUT2D eigenvalue weighted by Gasteiger charge is -2.34. The van der Waals surface area contributed by atoms with E-state index in [1.165, 1.54) is 18.7 Å². The maximum atomic E-state index is 6.10. The molecule has 23 heavy (non-hydrogen) atoms. The highest BCUT2D eigenvalue weighted by Gasteiger charge is 2.45. The molecule has 4 aliphatic rings. The number of allylic oxidation sites excluding steroid dienone is 1. The van der Waals surface area contributed by atoms with Crippen LogP contribution < -0.4 is 11.1 Å². The Balaban J connectivity index is 1.62. The fourth-order valence-corrected chi connectivity index (χ4v) is 5.67. The van der Waals surface area contributed by atoms with Crippen LogP contribution >= 0.6 is 11.8 Å². The third-order valence-electron chi connectivity index (χ3n) is 5.39. The fourth-order valence-electron chi connectivity index (χ4n) is 4.14. The van der Waals surface area contributed by atoms with Crippen molar-refractivity contribution >= 4 is 23.6 Å². The van der Waals surface area contributed by atoms with Gasteiger partial charge in [-0.05, 0) is 48.1 Å². The van der Waals surface area contributed by atoms with Crippen LogP contribution in [0.3, 0.4) is 0 Å². The Morgan fingerprint density at radius 3 is 3.04 bits per heavy atom. The number of aliphatic imine (C=N–C) groups is 2. The quantitative estimate of drug-likeness (QED) is 0.711. The van der Waals surface area contributed by atoms with Crippen molar-refractivity contribution in [3.8, 4) is 0 Å². The van der Waals surface area contributed by atoms with Crippen molar-refractivity contribution in [2.75, 3.05) is 26.2 Å². The van der Waals surface area contributed by atoms with E-state index in [-0.39, 0.29) is 6.04 Å². The number of guanidine groups is 1. The van der Waals surface area contributed by atoms with Gasteiger partial charge < -0.3 is 16.0 Å². The van der Waals surface area contributed by atoms with Gasteiger partial charge in [0.1, 0.15) is 5.84 Å². The minimum Gasteiger partial charge on any atom is -0.368 e. The molecule has 126 valence electrons. The van der Waals surface area contributed by atoms with Crippen molar-refractivity contribution in [1.29, 1.82) is 0 Å². The molecule has 0 bridgehead atoms. The Bertz CT molecular complexity index is 584. The van der Waals surface area contributed by atoms with Gasteiger partial charge >= 0.3 is 0 Å². The van der Waals surface area contributed by atoms with E-state index in [2.05, 4.69) is 29.1 Å². The molecule has 0 spiro atoms. The molecule has 0 aromatic rings. The van der Waals surface area contributed by atoms with E-state index in [0.29, 0.717) is 16.6 Å². The molecule has 1 saturated heterocycles. The number of amidine groups is 1. The summed E-state index contributed by atoms with van der Waals surface area (Å²) in [7, 11) is 0. The van der Waals surface area contributed by atoms with Gasteiger partial charge in [0.2, 0.25) is 5.96 Å². The van der Waals surface area contributed by atoms with Crippen molar-refractivity contribution in [3.63, 3.8) is 0 Å². The van der Waals surface area contributed by atoms with E-state index in [1.54, 1.807) is 10.5 Å². The number of thioether (sulfide) groups is 1. The van der Waals surface area contributed by atoms with Crippen LogP contribution in [0.5, 0.6) is 0 Å². The molecule has 3 N–H and O–H groups in total. The van der Waals surface area contributed by atoms with Crippen LogP contribution in [0.25, 0.3) is 0 Å². The first kappa shape index (κ1) is 15.5. The summed E-state index contributed by atoms with van der Waals surface area (Å²) in [5.74, 6) is 1.64. The lowest BCUT2D eigenvalue weighted by atomic mass is 9.75. The van der Waals surface area contributed by atoms with Gasteiger partial charge in [-0.1, -0.05) is 13.8 Å². The maximum absolute atomic E-state index is 6.10. The molecular formula is C17H27N5S. The summed E-state index contributed by atoms with van der Waals surface area (Å²) in [6.45, 7) is 8.96. The van der Waals surface area contributed by atoms with E-state index >= 15 is 0 Å². The number of hydrogen-bond acceptors (Lipinski definition) is 6. The van der Waals surface area contributed by atoms with Gasteiger partial charge in [0.15, 0.2) is 0 Å². The molecule has 1 aliphatic carbocycles. The zero-order chi connectivity index (χ0) is 16.0. The lowest BCUT2D eigenvalue weighted by molar-refractivity contribution is 0.312. The number of fused-ring (bicyclic) bond motifs is 2. The molecule has 2 atom stereocenters.